The summed E-state index contributed by atoms with van der Waals surface area (Å²) in [7, 11) is 0. The lowest BCUT2D eigenvalue weighted by atomic mass is 9.97. The normalized spacial score (nSPS) is 17.8. The van der Waals surface area contributed by atoms with Crippen molar-refractivity contribution in [1.82, 2.24) is 14.9 Å². The van der Waals surface area contributed by atoms with E-state index in [-0.39, 0.29) is 17.6 Å². The number of para-hydroxylation sites is 2. The number of ketones is 1. The average molecular weight is 337 g/mol. The van der Waals surface area contributed by atoms with Crippen LogP contribution in [0.5, 0.6) is 0 Å². The number of piperidine rings is 1. The van der Waals surface area contributed by atoms with E-state index in [2.05, 4.69) is 9.97 Å². The molecular weight excluding hydrogens is 318 g/mol. The van der Waals surface area contributed by atoms with Crippen molar-refractivity contribution in [2.45, 2.75) is 25.7 Å². The second-order valence-corrected chi connectivity index (χ2v) is 6.47. The summed E-state index contributed by atoms with van der Waals surface area (Å²) in [6, 6.07) is 9.30. The summed E-state index contributed by atoms with van der Waals surface area (Å²) in [5.41, 5.74) is 2.59. The Hall–Kier alpha value is -2.89. The smallest absolute Gasteiger partial charge is 0.270 e. The number of aromatic nitrogens is 2. The molecule has 0 bridgehead atoms. The van der Waals surface area contributed by atoms with Gasteiger partial charge in [0, 0.05) is 24.8 Å². The van der Waals surface area contributed by atoms with Gasteiger partial charge in [-0.15, -0.1) is 0 Å². The first-order chi connectivity index (χ1) is 12.1. The van der Waals surface area contributed by atoms with Crippen molar-refractivity contribution in [3.8, 4) is 0 Å². The molecule has 1 atom stereocenters. The minimum absolute atomic E-state index is 0.0571. The lowest BCUT2D eigenvalue weighted by Gasteiger charge is -2.31. The van der Waals surface area contributed by atoms with Crippen LogP contribution in [0, 0.1) is 0 Å². The van der Waals surface area contributed by atoms with E-state index in [0.717, 1.165) is 23.9 Å². The largest absolute Gasteiger partial charge is 0.440 e. The zero-order valence-electron chi connectivity index (χ0n) is 14.0. The van der Waals surface area contributed by atoms with Gasteiger partial charge in [-0.1, -0.05) is 12.1 Å². The summed E-state index contributed by atoms with van der Waals surface area (Å²) in [6.45, 7) is 2.76. The molecule has 3 heterocycles. The number of H-pyrrole nitrogens is 1. The zero-order valence-corrected chi connectivity index (χ0v) is 14.0. The van der Waals surface area contributed by atoms with Crippen molar-refractivity contribution in [2.75, 3.05) is 13.1 Å². The average Bonchev–Trinajstić information content (AvgIpc) is 3.28. The highest BCUT2D eigenvalue weighted by Gasteiger charge is 2.29. The van der Waals surface area contributed by atoms with Gasteiger partial charge in [0.25, 0.3) is 5.91 Å². The third-order valence-electron chi connectivity index (χ3n) is 4.69. The first-order valence-corrected chi connectivity index (χ1v) is 8.46. The second kappa shape index (κ2) is 6.20. The maximum Gasteiger partial charge on any atom is 0.270 e. The number of aromatic amines is 1. The Morgan fingerprint density at radius 3 is 2.92 bits per heavy atom. The molecule has 4 rings (SSSR count). The van der Waals surface area contributed by atoms with Gasteiger partial charge < -0.3 is 14.3 Å². The van der Waals surface area contributed by atoms with Gasteiger partial charge in [0.05, 0.1) is 5.92 Å². The first-order valence-electron chi connectivity index (χ1n) is 8.46. The lowest BCUT2D eigenvalue weighted by molar-refractivity contribution is 0.0693. The number of benzene rings is 1. The van der Waals surface area contributed by atoms with Gasteiger partial charge >= 0.3 is 0 Å². The van der Waals surface area contributed by atoms with Crippen LogP contribution < -0.4 is 0 Å². The zero-order chi connectivity index (χ0) is 17.4. The minimum Gasteiger partial charge on any atom is -0.440 e. The predicted molar refractivity (Wildman–Crippen MR) is 92.7 cm³/mol. The molecule has 0 aliphatic carbocycles. The topological polar surface area (TPSA) is 79.2 Å². The molecule has 1 amide bonds. The van der Waals surface area contributed by atoms with Gasteiger partial charge in [0.1, 0.15) is 11.2 Å². The Bertz CT molecular complexity index is 907. The van der Waals surface area contributed by atoms with Crippen LogP contribution >= 0.6 is 0 Å². The summed E-state index contributed by atoms with van der Waals surface area (Å²) in [6.07, 6.45) is 3.42. The van der Waals surface area contributed by atoms with Crippen LogP contribution in [0.25, 0.3) is 11.1 Å². The third kappa shape index (κ3) is 2.95. The van der Waals surface area contributed by atoms with Gasteiger partial charge in [0.15, 0.2) is 17.3 Å². The predicted octanol–water partition coefficient (Wildman–Crippen LogP) is 3.38. The second-order valence-electron chi connectivity index (χ2n) is 6.47. The number of carbonyl (C=O) groups excluding carboxylic acids is 2. The number of hydrogen-bond donors (Lipinski definition) is 1. The molecule has 1 aliphatic heterocycles. The number of nitrogens with zero attached hydrogens (tertiary/aromatic N) is 2. The van der Waals surface area contributed by atoms with Crippen molar-refractivity contribution < 1.29 is 14.0 Å². The van der Waals surface area contributed by atoms with Crippen molar-refractivity contribution in [1.29, 1.82) is 0 Å². The molecule has 128 valence electrons. The maximum atomic E-state index is 12.7. The van der Waals surface area contributed by atoms with Crippen molar-refractivity contribution in [3.63, 3.8) is 0 Å². The van der Waals surface area contributed by atoms with Crippen molar-refractivity contribution in [2.24, 2.45) is 0 Å². The molecule has 0 radical (unpaired) electrons. The molecule has 1 aliphatic rings. The molecule has 6 nitrogen and oxygen atoms in total. The van der Waals surface area contributed by atoms with Crippen LogP contribution in [-0.2, 0) is 0 Å². The van der Waals surface area contributed by atoms with E-state index >= 15 is 0 Å². The SMILES string of the molecule is CC(=O)c1c[nH]c(C(=O)N2CCC[C@H](c3nc4ccccc4o3)C2)c1. The lowest BCUT2D eigenvalue weighted by Crippen LogP contribution is -2.39. The molecular formula is C19H19N3O3. The van der Waals surface area contributed by atoms with Gasteiger partial charge in [-0.3, -0.25) is 9.59 Å². The van der Waals surface area contributed by atoms with E-state index in [4.69, 9.17) is 4.42 Å². The summed E-state index contributed by atoms with van der Waals surface area (Å²) in [5, 5.41) is 0. The summed E-state index contributed by atoms with van der Waals surface area (Å²) >= 11 is 0. The van der Waals surface area contributed by atoms with Gasteiger partial charge in [-0.2, -0.15) is 0 Å². The van der Waals surface area contributed by atoms with Crippen LogP contribution in [0.3, 0.4) is 0 Å². The number of carbonyl (C=O) groups is 2. The number of hydrogen-bond acceptors (Lipinski definition) is 4. The Balaban J connectivity index is 1.53. The number of rotatable bonds is 3. The van der Waals surface area contributed by atoms with Crippen molar-refractivity contribution >= 4 is 22.8 Å². The standard InChI is InChI=1S/C19H19N3O3/c1-12(23)14-9-16(20-10-14)19(24)22-8-4-5-13(11-22)18-21-15-6-2-3-7-17(15)25-18/h2-3,6-7,9-10,13,20H,4-5,8,11H2,1H3/t13-/m0/s1. The Kier molecular flexibility index (Phi) is 3.87. The van der Waals surface area contributed by atoms with Crippen LogP contribution in [-0.4, -0.2) is 39.6 Å². The highest BCUT2D eigenvalue weighted by molar-refractivity contribution is 5.99. The number of nitrogens with one attached hydrogen (secondary N) is 1. The Morgan fingerprint density at radius 1 is 1.32 bits per heavy atom. The molecule has 1 aromatic carbocycles. The number of Topliss-reactive ketones (excluding diaryl/α,β-unsaturated/α-hetero) is 1. The molecule has 25 heavy (non-hydrogen) atoms. The van der Waals surface area contributed by atoms with E-state index in [1.165, 1.54) is 6.92 Å². The van der Waals surface area contributed by atoms with Crippen molar-refractivity contribution in [3.05, 3.63) is 53.7 Å². The molecule has 0 saturated carbocycles. The van der Waals surface area contributed by atoms with Gasteiger partial charge in [0.2, 0.25) is 0 Å². The quantitative estimate of drug-likeness (QED) is 0.743. The molecule has 6 heteroatoms. The van der Waals surface area contributed by atoms with Crippen LogP contribution in [0.15, 0.2) is 40.9 Å². The summed E-state index contributed by atoms with van der Waals surface area (Å²) < 4.78 is 5.88. The van der Waals surface area contributed by atoms with Crippen LogP contribution in [0.4, 0.5) is 0 Å². The van der Waals surface area contributed by atoms with Gasteiger partial charge in [-0.25, -0.2) is 4.98 Å². The van der Waals surface area contributed by atoms with E-state index < -0.39 is 0 Å². The fraction of sp³-hybridized carbons (Fsp3) is 0.316. The number of likely N-dealkylation sites (tertiary alicyclic amines) is 1. The minimum atomic E-state index is -0.0895. The molecule has 0 unspecified atom stereocenters. The van der Waals surface area contributed by atoms with Crippen LogP contribution in [0.1, 0.15) is 52.4 Å². The highest BCUT2D eigenvalue weighted by Crippen LogP contribution is 2.29. The molecule has 2 aromatic heterocycles. The Morgan fingerprint density at radius 2 is 2.16 bits per heavy atom. The highest BCUT2D eigenvalue weighted by atomic mass is 16.3. The van der Waals surface area contributed by atoms with Gasteiger partial charge in [-0.05, 0) is 38.0 Å². The van der Waals surface area contributed by atoms with E-state index in [9.17, 15) is 9.59 Å². The molecule has 1 fully saturated rings. The number of amides is 1. The number of oxazole rings is 1. The van der Waals surface area contributed by atoms with E-state index in [1.807, 2.05) is 24.3 Å². The fourth-order valence-corrected chi connectivity index (χ4v) is 3.32. The van der Waals surface area contributed by atoms with E-state index in [0.29, 0.717) is 30.2 Å². The summed E-state index contributed by atoms with van der Waals surface area (Å²) in [4.78, 5) is 33.4. The first kappa shape index (κ1) is 15.6. The van der Waals surface area contributed by atoms with Crippen LogP contribution in [0.2, 0.25) is 0 Å². The molecule has 3 aromatic rings. The maximum absolute atomic E-state index is 12.7. The Labute approximate surface area is 144 Å². The summed E-state index contributed by atoms with van der Waals surface area (Å²) in [5.74, 6) is 0.633. The fourth-order valence-electron chi connectivity index (χ4n) is 3.32. The number of fused-ring (bicyclic) bond motifs is 1. The monoisotopic (exact) mass is 337 g/mol. The molecule has 1 N–H and O–H groups in total. The molecule has 1 saturated heterocycles. The van der Waals surface area contributed by atoms with E-state index in [1.54, 1.807) is 17.2 Å². The molecule has 0 spiro atoms. The third-order valence-corrected chi connectivity index (χ3v) is 4.69.